The monoisotopic (exact) mass is 229 g/mol. The maximum absolute atomic E-state index is 11.0. The third-order valence-corrected chi connectivity index (χ3v) is 2.27. The molecule has 0 amide bonds. The van der Waals surface area contributed by atoms with E-state index in [4.69, 9.17) is 0 Å². The number of rotatable bonds is 1. The topological polar surface area (TPSA) is 39.2 Å². The van der Waals surface area contributed by atoms with Crippen LogP contribution in [0.15, 0.2) is 16.9 Å². The molecule has 4 heteroatoms. The van der Waals surface area contributed by atoms with E-state index >= 15 is 0 Å². The number of pyridine rings is 1. The molecule has 0 saturated heterocycles. The number of aromatic nitrogens is 1. The number of aryl methyl sites for hydroxylation is 1. The minimum Gasteiger partial charge on any atom is -0.465 e. The van der Waals surface area contributed by atoms with E-state index in [0.717, 1.165) is 10.2 Å². The van der Waals surface area contributed by atoms with Crippen LogP contribution in [0.2, 0.25) is 0 Å². The van der Waals surface area contributed by atoms with Crippen LogP contribution in [0.4, 0.5) is 0 Å². The van der Waals surface area contributed by atoms with Gasteiger partial charge in [-0.05, 0) is 34.5 Å². The van der Waals surface area contributed by atoms with E-state index < -0.39 is 0 Å². The van der Waals surface area contributed by atoms with Crippen LogP contribution in [0.1, 0.15) is 15.9 Å². The van der Waals surface area contributed by atoms with Crippen molar-refractivity contribution in [3.8, 4) is 0 Å². The number of nitrogens with zero attached hydrogens (tertiary/aromatic N) is 1. The highest BCUT2D eigenvalue weighted by Gasteiger charge is 2.06. The second-order valence-electron chi connectivity index (χ2n) is 2.32. The molecule has 0 saturated carbocycles. The smallest absolute Gasteiger partial charge is 0.339 e. The van der Waals surface area contributed by atoms with Crippen LogP contribution in [0.25, 0.3) is 0 Å². The van der Waals surface area contributed by atoms with Crippen molar-refractivity contribution >= 4 is 21.9 Å². The van der Waals surface area contributed by atoms with E-state index in [0.29, 0.717) is 5.56 Å². The lowest BCUT2D eigenvalue weighted by Crippen LogP contribution is -2.02. The van der Waals surface area contributed by atoms with Gasteiger partial charge < -0.3 is 4.74 Å². The Bertz CT molecular complexity index is 312. The molecule has 1 rings (SSSR count). The van der Waals surface area contributed by atoms with Crippen LogP contribution in [0.3, 0.4) is 0 Å². The van der Waals surface area contributed by atoms with Crippen molar-refractivity contribution < 1.29 is 9.53 Å². The summed E-state index contributed by atoms with van der Waals surface area (Å²) in [6.45, 7) is 1.86. The fourth-order valence-corrected chi connectivity index (χ4v) is 1.00. The Morgan fingerprint density at radius 2 is 2.33 bits per heavy atom. The van der Waals surface area contributed by atoms with Crippen molar-refractivity contribution in [1.29, 1.82) is 0 Å². The van der Waals surface area contributed by atoms with Gasteiger partial charge in [0.15, 0.2) is 0 Å². The number of carbonyl (C=O) groups is 1. The summed E-state index contributed by atoms with van der Waals surface area (Å²) >= 11 is 3.24. The number of hydrogen-bond acceptors (Lipinski definition) is 3. The van der Waals surface area contributed by atoms with Crippen molar-refractivity contribution in [2.45, 2.75) is 6.92 Å². The van der Waals surface area contributed by atoms with Crippen LogP contribution in [0, 0.1) is 6.92 Å². The molecule has 0 N–H and O–H groups in total. The molecule has 0 aromatic carbocycles. The highest BCUT2D eigenvalue weighted by molar-refractivity contribution is 9.10. The molecule has 0 aliphatic rings. The fourth-order valence-electron chi connectivity index (χ4n) is 0.788. The molecule has 0 unspecified atom stereocenters. The first kappa shape index (κ1) is 9.19. The van der Waals surface area contributed by atoms with Crippen LogP contribution in [0.5, 0.6) is 0 Å². The summed E-state index contributed by atoms with van der Waals surface area (Å²) in [5.74, 6) is -0.363. The molecule has 0 aliphatic heterocycles. The van der Waals surface area contributed by atoms with E-state index in [2.05, 4.69) is 25.7 Å². The van der Waals surface area contributed by atoms with E-state index in [1.807, 2.05) is 6.92 Å². The zero-order valence-corrected chi connectivity index (χ0v) is 8.38. The van der Waals surface area contributed by atoms with E-state index in [9.17, 15) is 4.79 Å². The number of esters is 1. The Kier molecular flexibility index (Phi) is 2.81. The molecular formula is C8H8BrNO2. The molecule has 64 valence electrons. The average Bonchev–Trinajstić information content (AvgIpc) is 2.08. The Morgan fingerprint density at radius 3 is 2.83 bits per heavy atom. The summed E-state index contributed by atoms with van der Waals surface area (Å²) in [5, 5.41) is 0. The molecular weight excluding hydrogens is 222 g/mol. The molecule has 0 bridgehead atoms. The van der Waals surface area contributed by atoms with Crippen molar-refractivity contribution in [1.82, 2.24) is 4.98 Å². The molecule has 1 heterocycles. The summed E-state index contributed by atoms with van der Waals surface area (Å²) in [6, 6.07) is 1.73. The number of carbonyl (C=O) groups excluding carboxylic acids is 1. The summed E-state index contributed by atoms with van der Waals surface area (Å²) in [5.41, 5.74) is 1.39. The van der Waals surface area contributed by atoms with Crippen LogP contribution < -0.4 is 0 Å². The van der Waals surface area contributed by atoms with E-state index in [1.165, 1.54) is 13.3 Å². The van der Waals surface area contributed by atoms with Crippen molar-refractivity contribution in [3.05, 3.63) is 28.0 Å². The zero-order valence-electron chi connectivity index (χ0n) is 6.80. The molecule has 12 heavy (non-hydrogen) atoms. The lowest BCUT2D eigenvalue weighted by molar-refractivity contribution is 0.0600. The van der Waals surface area contributed by atoms with Gasteiger partial charge in [-0.1, -0.05) is 0 Å². The summed E-state index contributed by atoms with van der Waals surface area (Å²) in [7, 11) is 1.35. The predicted molar refractivity (Wildman–Crippen MR) is 48.0 cm³/mol. The van der Waals surface area contributed by atoms with Gasteiger partial charge in [-0.25, -0.2) is 9.78 Å². The minimum atomic E-state index is -0.363. The first-order valence-electron chi connectivity index (χ1n) is 3.35. The highest BCUT2D eigenvalue weighted by atomic mass is 79.9. The standard InChI is InChI=1S/C8H8BrNO2/c1-5-3-6(8(11)12-2)4-10-7(5)9/h3-4H,1-2H3. The Labute approximate surface area is 78.9 Å². The van der Waals surface area contributed by atoms with Gasteiger partial charge in [0.1, 0.15) is 4.60 Å². The van der Waals surface area contributed by atoms with Crippen LogP contribution in [-0.2, 0) is 4.74 Å². The molecule has 0 aliphatic carbocycles. The van der Waals surface area contributed by atoms with Crippen LogP contribution in [-0.4, -0.2) is 18.1 Å². The zero-order chi connectivity index (χ0) is 9.14. The molecule has 1 aromatic rings. The molecule has 0 radical (unpaired) electrons. The van der Waals surface area contributed by atoms with Gasteiger partial charge in [-0.3, -0.25) is 0 Å². The summed E-state index contributed by atoms with van der Waals surface area (Å²) < 4.78 is 5.28. The lowest BCUT2D eigenvalue weighted by atomic mass is 10.2. The highest BCUT2D eigenvalue weighted by Crippen LogP contribution is 2.13. The van der Waals surface area contributed by atoms with Gasteiger partial charge in [0, 0.05) is 6.20 Å². The van der Waals surface area contributed by atoms with Crippen molar-refractivity contribution in [3.63, 3.8) is 0 Å². The third kappa shape index (κ3) is 1.82. The normalized spacial score (nSPS) is 9.58. The number of hydrogen-bond donors (Lipinski definition) is 0. The minimum absolute atomic E-state index is 0.363. The number of halogens is 1. The van der Waals surface area contributed by atoms with Crippen molar-refractivity contribution in [2.75, 3.05) is 7.11 Å². The van der Waals surface area contributed by atoms with Gasteiger partial charge in [-0.2, -0.15) is 0 Å². The third-order valence-electron chi connectivity index (χ3n) is 1.44. The predicted octanol–water partition coefficient (Wildman–Crippen LogP) is 1.94. The first-order chi connectivity index (χ1) is 5.65. The lowest BCUT2D eigenvalue weighted by Gasteiger charge is -2.00. The largest absolute Gasteiger partial charge is 0.465 e. The molecule has 0 spiro atoms. The molecule has 3 nitrogen and oxygen atoms in total. The quantitative estimate of drug-likeness (QED) is 0.546. The second-order valence-corrected chi connectivity index (χ2v) is 3.07. The maximum atomic E-state index is 11.0. The van der Waals surface area contributed by atoms with Gasteiger partial charge in [0.2, 0.25) is 0 Å². The fraction of sp³-hybridized carbons (Fsp3) is 0.250. The molecule has 0 atom stereocenters. The number of ether oxygens (including phenoxy) is 1. The SMILES string of the molecule is COC(=O)c1cnc(Br)c(C)c1. The molecule has 1 aromatic heterocycles. The first-order valence-corrected chi connectivity index (χ1v) is 4.15. The van der Waals surface area contributed by atoms with Gasteiger partial charge in [0.05, 0.1) is 12.7 Å². The Hall–Kier alpha value is -0.900. The second kappa shape index (κ2) is 3.67. The Morgan fingerprint density at radius 1 is 1.67 bits per heavy atom. The summed E-state index contributed by atoms with van der Waals surface area (Å²) in [6.07, 6.45) is 1.48. The summed E-state index contributed by atoms with van der Waals surface area (Å²) in [4.78, 5) is 15.0. The van der Waals surface area contributed by atoms with Crippen molar-refractivity contribution in [2.24, 2.45) is 0 Å². The number of methoxy groups -OCH3 is 1. The maximum Gasteiger partial charge on any atom is 0.339 e. The van der Waals surface area contributed by atoms with E-state index in [1.54, 1.807) is 6.07 Å². The van der Waals surface area contributed by atoms with Gasteiger partial charge >= 0.3 is 5.97 Å². The Balaban J connectivity index is 3.05. The molecule has 0 fully saturated rings. The van der Waals surface area contributed by atoms with E-state index in [-0.39, 0.29) is 5.97 Å². The van der Waals surface area contributed by atoms with Gasteiger partial charge in [-0.15, -0.1) is 0 Å². The average molecular weight is 230 g/mol. The van der Waals surface area contributed by atoms with Crippen LogP contribution >= 0.6 is 15.9 Å². The van der Waals surface area contributed by atoms with Gasteiger partial charge in [0.25, 0.3) is 0 Å².